The van der Waals surface area contributed by atoms with Crippen LogP contribution in [-0.4, -0.2) is 50.2 Å². The molecule has 1 aromatic carbocycles. The van der Waals surface area contributed by atoms with Crippen LogP contribution in [0.15, 0.2) is 15.4 Å². The van der Waals surface area contributed by atoms with Crippen molar-refractivity contribution in [3.63, 3.8) is 0 Å². The fourth-order valence-corrected chi connectivity index (χ4v) is 4.27. The number of halogens is 3. The molecule has 0 aliphatic carbocycles. The summed E-state index contributed by atoms with van der Waals surface area (Å²) in [6.45, 7) is -0.213. The third kappa shape index (κ3) is 3.03. The monoisotopic (exact) mass is 402 g/mol. The van der Waals surface area contributed by atoms with E-state index in [2.05, 4.69) is 15.9 Å². The number of anilines is 1. The fourth-order valence-electron chi connectivity index (χ4n) is 2.01. The average Bonchev–Trinajstić information content (AvgIpc) is 2.48. The van der Waals surface area contributed by atoms with Gasteiger partial charge in [-0.25, -0.2) is 12.8 Å². The molecule has 1 aromatic rings. The van der Waals surface area contributed by atoms with Crippen molar-refractivity contribution in [1.29, 1.82) is 0 Å². The molecule has 1 heterocycles. The maximum absolute atomic E-state index is 14.2. The lowest BCUT2D eigenvalue weighted by Crippen LogP contribution is -2.50. The summed E-state index contributed by atoms with van der Waals surface area (Å²) in [5.74, 6) is -1.07. The van der Waals surface area contributed by atoms with Crippen molar-refractivity contribution in [2.45, 2.75) is 10.9 Å². The molecule has 1 unspecified atom stereocenters. The summed E-state index contributed by atoms with van der Waals surface area (Å²) in [7, 11) is -4.18. The van der Waals surface area contributed by atoms with E-state index in [0.717, 1.165) is 10.4 Å². The summed E-state index contributed by atoms with van der Waals surface area (Å²) in [6, 6.07) is 0.225. The Morgan fingerprint density at radius 1 is 1.62 bits per heavy atom. The number of nitrogens with zero attached hydrogens (tertiary/aromatic N) is 1. The van der Waals surface area contributed by atoms with E-state index in [1.54, 1.807) is 0 Å². The fraction of sp³-hybridized carbons (Fsp3) is 0.455. The first-order valence-corrected chi connectivity index (χ1v) is 8.55. The maximum Gasteiger partial charge on any atom is 0.246 e. The molecule has 1 aliphatic rings. The number of hydrogen-bond acceptors (Lipinski definition) is 5. The van der Waals surface area contributed by atoms with E-state index in [9.17, 15) is 17.9 Å². The molecule has 0 saturated carbocycles. The second-order valence-corrected chi connectivity index (χ2v) is 7.48. The minimum atomic E-state index is -4.18. The van der Waals surface area contributed by atoms with Gasteiger partial charge in [0.25, 0.3) is 0 Å². The molecule has 118 valence electrons. The normalized spacial score (nSPS) is 20.7. The Labute approximate surface area is 134 Å². The van der Waals surface area contributed by atoms with Crippen LogP contribution in [0.3, 0.4) is 0 Å². The molecule has 1 saturated heterocycles. The summed E-state index contributed by atoms with van der Waals surface area (Å²) in [5, 5.41) is 9.24. The first-order chi connectivity index (χ1) is 9.80. The average molecular weight is 404 g/mol. The van der Waals surface area contributed by atoms with E-state index >= 15 is 0 Å². The standard InChI is InChI=1S/C11H13BrClFN2O4S/c12-9-7(13)3-8(10(14)11(9)15)21(18,19)16-1-2-20-5-6(16)4-17/h3,6,17H,1-2,4-5,15H2. The van der Waals surface area contributed by atoms with Crippen molar-refractivity contribution < 1.29 is 22.7 Å². The first-order valence-electron chi connectivity index (χ1n) is 5.94. The highest BCUT2D eigenvalue weighted by atomic mass is 79.9. The van der Waals surface area contributed by atoms with Crippen molar-refractivity contribution >= 4 is 43.2 Å². The van der Waals surface area contributed by atoms with Crippen LogP contribution in [0.2, 0.25) is 5.02 Å². The third-order valence-corrected chi connectivity index (χ3v) is 6.46. The van der Waals surface area contributed by atoms with Gasteiger partial charge in [-0.1, -0.05) is 11.6 Å². The molecule has 3 N–H and O–H groups in total. The molecular formula is C11H13BrClFN2O4S. The van der Waals surface area contributed by atoms with Crippen molar-refractivity contribution in [3.05, 3.63) is 21.4 Å². The minimum absolute atomic E-state index is 0.0127. The van der Waals surface area contributed by atoms with Crippen LogP contribution in [0.5, 0.6) is 0 Å². The van der Waals surface area contributed by atoms with Gasteiger partial charge in [-0.2, -0.15) is 4.31 Å². The number of benzene rings is 1. The summed E-state index contributed by atoms with van der Waals surface area (Å²) < 4.78 is 45.6. The highest BCUT2D eigenvalue weighted by Crippen LogP contribution is 2.36. The summed E-state index contributed by atoms with van der Waals surface area (Å²) in [6.07, 6.45) is 0. The largest absolute Gasteiger partial charge is 0.395 e. The second-order valence-electron chi connectivity index (χ2n) is 4.43. The topological polar surface area (TPSA) is 92.9 Å². The smallest absolute Gasteiger partial charge is 0.246 e. The van der Waals surface area contributed by atoms with E-state index in [-0.39, 0.29) is 34.9 Å². The molecule has 10 heteroatoms. The lowest BCUT2D eigenvalue weighted by molar-refractivity contribution is 0.0108. The highest BCUT2D eigenvalue weighted by Gasteiger charge is 2.36. The molecular weight excluding hydrogens is 391 g/mol. The van der Waals surface area contributed by atoms with Crippen LogP contribution < -0.4 is 5.73 Å². The molecule has 2 rings (SSSR count). The molecule has 1 fully saturated rings. The highest BCUT2D eigenvalue weighted by molar-refractivity contribution is 9.10. The predicted molar refractivity (Wildman–Crippen MR) is 79.1 cm³/mol. The van der Waals surface area contributed by atoms with Crippen molar-refractivity contribution in [3.8, 4) is 0 Å². The quantitative estimate of drug-likeness (QED) is 0.584. The zero-order chi connectivity index (χ0) is 15.8. The van der Waals surface area contributed by atoms with E-state index in [1.807, 2.05) is 0 Å². The Morgan fingerprint density at radius 2 is 2.29 bits per heavy atom. The van der Waals surface area contributed by atoms with E-state index in [4.69, 9.17) is 22.1 Å². The molecule has 6 nitrogen and oxygen atoms in total. The van der Waals surface area contributed by atoms with Crippen LogP contribution in [0.4, 0.5) is 10.1 Å². The van der Waals surface area contributed by atoms with E-state index in [0.29, 0.717) is 0 Å². The van der Waals surface area contributed by atoms with Crippen LogP contribution in [0.1, 0.15) is 0 Å². The van der Waals surface area contributed by atoms with Gasteiger partial charge in [-0.05, 0) is 22.0 Å². The van der Waals surface area contributed by atoms with Crippen LogP contribution in [0, 0.1) is 5.82 Å². The minimum Gasteiger partial charge on any atom is -0.395 e. The Hall–Kier alpha value is -0.450. The van der Waals surface area contributed by atoms with Gasteiger partial charge in [0.05, 0.1) is 41.0 Å². The van der Waals surface area contributed by atoms with Gasteiger partial charge in [-0.3, -0.25) is 0 Å². The van der Waals surface area contributed by atoms with Gasteiger partial charge < -0.3 is 15.6 Å². The number of nitrogen functional groups attached to an aromatic ring is 1. The molecule has 1 atom stereocenters. The molecule has 1 aliphatic heterocycles. The van der Waals surface area contributed by atoms with Gasteiger partial charge in [0.15, 0.2) is 5.82 Å². The Morgan fingerprint density at radius 3 is 2.90 bits per heavy atom. The first kappa shape index (κ1) is 16.9. The summed E-state index contributed by atoms with van der Waals surface area (Å²) in [5.41, 5.74) is 5.13. The zero-order valence-corrected chi connectivity index (χ0v) is 13.9. The molecule has 0 radical (unpaired) electrons. The molecule has 0 aromatic heterocycles. The molecule has 0 bridgehead atoms. The number of ether oxygens (including phenoxy) is 1. The number of sulfonamides is 1. The molecule has 0 spiro atoms. The number of aliphatic hydroxyl groups excluding tert-OH is 1. The summed E-state index contributed by atoms with van der Waals surface area (Å²) >= 11 is 8.84. The number of morpholine rings is 1. The number of aliphatic hydroxyl groups is 1. The Kier molecular flexibility index (Phi) is 5.11. The van der Waals surface area contributed by atoms with Gasteiger partial charge in [0, 0.05) is 6.54 Å². The lowest BCUT2D eigenvalue weighted by Gasteiger charge is -2.33. The summed E-state index contributed by atoms with van der Waals surface area (Å²) in [4.78, 5) is -0.617. The molecule has 0 amide bonds. The van der Waals surface area contributed by atoms with Gasteiger partial charge in [0.2, 0.25) is 10.0 Å². The van der Waals surface area contributed by atoms with E-state index in [1.165, 1.54) is 0 Å². The van der Waals surface area contributed by atoms with Crippen molar-refractivity contribution in [2.24, 2.45) is 0 Å². The zero-order valence-electron chi connectivity index (χ0n) is 10.7. The predicted octanol–water partition coefficient (Wildman–Crippen LogP) is 1.21. The van der Waals surface area contributed by atoms with Crippen LogP contribution in [-0.2, 0) is 14.8 Å². The Balaban J connectivity index is 2.54. The van der Waals surface area contributed by atoms with Crippen LogP contribution in [0.25, 0.3) is 0 Å². The van der Waals surface area contributed by atoms with Crippen LogP contribution >= 0.6 is 27.5 Å². The van der Waals surface area contributed by atoms with Crippen molar-refractivity contribution in [2.75, 3.05) is 32.1 Å². The van der Waals surface area contributed by atoms with Gasteiger partial charge >= 0.3 is 0 Å². The maximum atomic E-state index is 14.2. The van der Waals surface area contributed by atoms with Crippen molar-refractivity contribution in [1.82, 2.24) is 4.31 Å². The Bertz CT molecular complexity index is 658. The molecule has 21 heavy (non-hydrogen) atoms. The SMILES string of the molecule is Nc1c(F)c(S(=O)(=O)N2CCOCC2CO)cc(Cl)c1Br. The number of nitrogens with two attached hydrogens (primary N) is 1. The number of rotatable bonds is 3. The van der Waals surface area contributed by atoms with Gasteiger partial charge in [0.1, 0.15) is 4.90 Å². The third-order valence-electron chi connectivity index (χ3n) is 3.13. The van der Waals surface area contributed by atoms with Gasteiger partial charge in [-0.15, -0.1) is 0 Å². The van der Waals surface area contributed by atoms with E-state index < -0.39 is 33.4 Å². The second kappa shape index (κ2) is 6.35. The number of hydrogen-bond donors (Lipinski definition) is 2. The lowest BCUT2D eigenvalue weighted by atomic mass is 10.3.